The molecule has 0 N–H and O–H groups in total. The molecule has 0 radical (unpaired) electrons. The summed E-state index contributed by atoms with van der Waals surface area (Å²) in [4.78, 5) is 13.8. The molecule has 0 fully saturated rings. The van der Waals surface area contributed by atoms with Gasteiger partial charge in [-0.1, -0.05) is 83.8 Å². The molecule has 0 aliphatic heterocycles. The molecule has 0 aliphatic rings. The molecule has 128 valence electrons. The molecule has 0 aromatic rings. The van der Waals surface area contributed by atoms with Crippen LogP contribution in [-0.4, -0.2) is 23.9 Å². The van der Waals surface area contributed by atoms with Crippen molar-refractivity contribution in [3.8, 4) is 0 Å². The molecule has 0 rings (SSSR count). The number of amides is 1. The Hall–Kier alpha value is -1.05. The molecule has 0 bridgehead atoms. The van der Waals surface area contributed by atoms with Gasteiger partial charge in [0, 0.05) is 18.7 Å². The van der Waals surface area contributed by atoms with Crippen LogP contribution < -0.4 is 0 Å². The van der Waals surface area contributed by atoms with Crippen molar-refractivity contribution < 1.29 is 4.79 Å². The quantitative estimate of drug-likeness (QED) is 0.210. The molecule has 0 aromatic carbocycles. The molecule has 0 atom stereocenters. The number of nitrogens with zero attached hydrogens (tertiary/aromatic N) is 1. The molecule has 0 saturated heterocycles. The molecule has 0 saturated carbocycles. The lowest BCUT2D eigenvalue weighted by molar-refractivity contribution is -0.126. The fourth-order valence-corrected chi connectivity index (χ4v) is 2.67. The van der Waals surface area contributed by atoms with Crippen LogP contribution in [0.25, 0.3) is 0 Å². The van der Waals surface area contributed by atoms with E-state index in [1.54, 1.807) is 13.0 Å². The van der Waals surface area contributed by atoms with Crippen LogP contribution in [0.15, 0.2) is 24.8 Å². The first-order valence-corrected chi connectivity index (χ1v) is 9.19. The number of unbranched alkanes of at least 4 members (excludes halogenated alkanes) is 10. The van der Waals surface area contributed by atoms with Gasteiger partial charge in [-0.05, 0) is 13.3 Å². The lowest BCUT2D eigenvalue weighted by atomic mass is 10.1. The van der Waals surface area contributed by atoms with Crippen molar-refractivity contribution in [1.29, 1.82) is 0 Å². The lowest BCUT2D eigenvalue weighted by Crippen LogP contribution is -2.32. The monoisotopic (exact) mass is 307 g/mol. The minimum atomic E-state index is 0.0620. The van der Waals surface area contributed by atoms with Gasteiger partial charge in [-0.2, -0.15) is 0 Å². The number of hydrogen-bond donors (Lipinski definition) is 0. The van der Waals surface area contributed by atoms with E-state index in [1.807, 2.05) is 4.90 Å². The Morgan fingerprint density at radius 3 is 1.77 bits per heavy atom. The van der Waals surface area contributed by atoms with Crippen LogP contribution >= 0.6 is 0 Å². The summed E-state index contributed by atoms with van der Waals surface area (Å²) in [5, 5.41) is 0. The summed E-state index contributed by atoms with van der Waals surface area (Å²) >= 11 is 0. The van der Waals surface area contributed by atoms with Crippen molar-refractivity contribution in [2.75, 3.05) is 13.1 Å². The maximum Gasteiger partial charge on any atom is 0.249 e. The van der Waals surface area contributed by atoms with Crippen molar-refractivity contribution in [3.05, 3.63) is 24.8 Å². The average molecular weight is 308 g/mol. The van der Waals surface area contributed by atoms with E-state index in [4.69, 9.17) is 0 Å². The summed E-state index contributed by atoms with van der Waals surface area (Å²) in [7, 11) is 0. The second-order valence-electron chi connectivity index (χ2n) is 6.36. The Kier molecular flexibility index (Phi) is 14.2. The summed E-state index contributed by atoms with van der Waals surface area (Å²) in [5.74, 6) is 0.0620. The Balaban J connectivity index is 3.52. The molecule has 22 heavy (non-hydrogen) atoms. The van der Waals surface area contributed by atoms with Gasteiger partial charge >= 0.3 is 0 Å². The second-order valence-corrected chi connectivity index (χ2v) is 6.36. The van der Waals surface area contributed by atoms with E-state index < -0.39 is 0 Å². The lowest BCUT2D eigenvalue weighted by Gasteiger charge is -2.21. The van der Waals surface area contributed by atoms with Crippen LogP contribution in [-0.2, 0) is 4.79 Å². The van der Waals surface area contributed by atoms with E-state index in [9.17, 15) is 4.79 Å². The fraction of sp³-hybridized carbons (Fsp3) is 0.750. The first-order valence-electron chi connectivity index (χ1n) is 9.19. The van der Waals surface area contributed by atoms with Gasteiger partial charge in [-0.25, -0.2) is 0 Å². The zero-order valence-electron chi connectivity index (χ0n) is 15.0. The van der Waals surface area contributed by atoms with Crippen LogP contribution in [0.4, 0.5) is 0 Å². The van der Waals surface area contributed by atoms with Crippen molar-refractivity contribution in [3.63, 3.8) is 0 Å². The van der Waals surface area contributed by atoms with Crippen molar-refractivity contribution in [2.24, 2.45) is 0 Å². The number of rotatable bonds is 15. The molecule has 0 aromatic heterocycles. The number of hydrogen-bond acceptors (Lipinski definition) is 1. The van der Waals surface area contributed by atoms with Gasteiger partial charge in [-0.15, -0.1) is 6.58 Å². The van der Waals surface area contributed by atoms with Crippen molar-refractivity contribution in [1.82, 2.24) is 4.90 Å². The van der Waals surface area contributed by atoms with Crippen LogP contribution in [0.5, 0.6) is 0 Å². The highest BCUT2D eigenvalue weighted by molar-refractivity contribution is 5.92. The van der Waals surface area contributed by atoms with E-state index in [1.165, 1.54) is 64.2 Å². The molecule has 0 aliphatic carbocycles. The largest absolute Gasteiger partial charge is 0.335 e. The highest BCUT2D eigenvalue weighted by Gasteiger charge is 2.11. The minimum absolute atomic E-state index is 0.0620. The van der Waals surface area contributed by atoms with Gasteiger partial charge in [0.2, 0.25) is 5.91 Å². The summed E-state index contributed by atoms with van der Waals surface area (Å²) in [5.41, 5.74) is 0.616. The first kappa shape index (κ1) is 20.9. The SMILES string of the molecule is C=CCN(CCCCCCCCCCCCC)C(=O)C(=C)C. The van der Waals surface area contributed by atoms with E-state index in [2.05, 4.69) is 20.1 Å². The standard InChI is InChI=1S/C20H37NO/c1-5-7-8-9-10-11-12-13-14-15-16-18-21(17-6-2)20(22)19(3)4/h6H,2-3,5,7-18H2,1,4H3. The average Bonchev–Trinajstić information content (AvgIpc) is 2.50. The molecular weight excluding hydrogens is 270 g/mol. The topological polar surface area (TPSA) is 20.3 Å². The van der Waals surface area contributed by atoms with E-state index in [0.717, 1.165) is 13.0 Å². The van der Waals surface area contributed by atoms with Crippen molar-refractivity contribution >= 4 is 5.91 Å². The summed E-state index contributed by atoms with van der Waals surface area (Å²) < 4.78 is 0. The van der Waals surface area contributed by atoms with Gasteiger partial charge in [0.15, 0.2) is 0 Å². The van der Waals surface area contributed by atoms with Crippen molar-refractivity contribution in [2.45, 2.75) is 84.5 Å². The zero-order chi connectivity index (χ0) is 16.6. The molecule has 1 amide bonds. The van der Waals surface area contributed by atoms with Gasteiger partial charge in [0.25, 0.3) is 0 Å². The Labute approximate surface area is 138 Å². The number of carbonyl (C=O) groups excluding carboxylic acids is 1. The minimum Gasteiger partial charge on any atom is -0.335 e. The third-order valence-corrected chi connectivity index (χ3v) is 4.03. The Bertz CT molecular complexity index is 309. The summed E-state index contributed by atoms with van der Waals surface area (Å²) in [6, 6.07) is 0. The van der Waals surface area contributed by atoms with Crippen LogP contribution in [0, 0.1) is 0 Å². The summed E-state index contributed by atoms with van der Waals surface area (Å²) in [6.07, 6.45) is 16.4. The first-order chi connectivity index (χ1) is 10.6. The van der Waals surface area contributed by atoms with Gasteiger partial charge < -0.3 is 4.90 Å². The normalized spacial score (nSPS) is 10.5. The predicted octanol–water partition coefficient (Wildman–Crippen LogP) is 5.89. The summed E-state index contributed by atoms with van der Waals surface area (Å²) in [6.45, 7) is 13.0. The third-order valence-electron chi connectivity index (χ3n) is 4.03. The van der Waals surface area contributed by atoms with Crippen LogP contribution in [0.2, 0.25) is 0 Å². The molecule has 2 nitrogen and oxygen atoms in total. The molecule has 0 spiro atoms. The van der Waals surface area contributed by atoms with E-state index in [0.29, 0.717) is 12.1 Å². The maximum absolute atomic E-state index is 11.9. The van der Waals surface area contributed by atoms with Crippen LogP contribution in [0.3, 0.4) is 0 Å². The van der Waals surface area contributed by atoms with E-state index in [-0.39, 0.29) is 5.91 Å². The second kappa shape index (κ2) is 14.9. The van der Waals surface area contributed by atoms with E-state index >= 15 is 0 Å². The maximum atomic E-state index is 11.9. The predicted molar refractivity (Wildman–Crippen MR) is 98.1 cm³/mol. The molecule has 2 heteroatoms. The van der Waals surface area contributed by atoms with Gasteiger partial charge in [0.05, 0.1) is 0 Å². The third kappa shape index (κ3) is 11.6. The molecule has 0 heterocycles. The van der Waals surface area contributed by atoms with Gasteiger partial charge in [0.1, 0.15) is 0 Å². The van der Waals surface area contributed by atoms with Gasteiger partial charge in [-0.3, -0.25) is 4.79 Å². The smallest absolute Gasteiger partial charge is 0.249 e. The Morgan fingerprint density at radius 1 is 0.909 bits per heavy atom. The highest BCUT2D eigenvalue weighted by Crippen LogP contribution is 2.12. The highest BCUT2D eigenvalue weighted by atomic mass is 16.2. The Morgan fingerprint density at radius 2 is 1.36 bits per heavy atom. The zero-order valence-corrected chi connectivity index (χ0v) is 15.0. The number of carbonyl (C=O) groups is 1. The fourth-order valence-electron chi connectivity index (χ4n) is 2.67. The molecular formula is C20H37NO. The van der Waals surface area contributed by atoms with Crippen LogP contribution in [0.1, 0.15) is 84.5 Å². The molecule has 0 unspecified atom stereocenters.